The fraction of sp³-hybridized carbons (Fsp3) is 0.429. The molecule has 0 fully saturated rings. The predicted molar refractivity (Wildman–Crippen MR) is 84.8 cm³/mol. The van der Waals surface area contributed by atoms with Gasteiger partial charge in [0.2, 0.25) is 0 Å². The van der Waals surface area contributed by atoms with Gasteiger partial charge in [0.15, 0.2) is 0 Å². The third-order valence-corrected chi connectivity index (χ3v) is 2.50. The first-order valence-electron chi connectivity index (χ1n) is 6.97. The van der Waals surface area contributed by atoms with E-state index < -0.39 is 17.5 Å². The molecule has 0 bridgehead atoms. The molecule has 0 amide bonds. The average Bonchev–Trinajstić information content (AvgIpc) is 2.47. The van der Waals surface area contributed by atoms with Gasteiger partial charge in [0.05, 0.1) is 13.2 Å². The molecular formula is C14H20N4O5. The van der Waals surface area contributed by atoms with Crippen LogP contribution >= 0.6 is 0 Å². The molecule has 1 aromatic rings. The van der Waals surface area contributed by atoms with E-state index in [1.165, 1.54) is 6.34 Å². The zero-order valence-corrected chi connectivity index (χ0v) is 13.5. The third kappa shape index (κ3) is 5.13. The number of esters is 2. The lowest BCUT2D eigenvalue weighted by atomic mass is 10.2. The monoisotopic (exact) mass is 324 g/mol. The maximum Gasteiger partial charge on any atom is 0.343 e. The summed E-state index contributed by atoms with van der Waals surface area (Å²) in [6.07, 6.45) is 1.44. The molecule has 2 N–H and O–H groups in total. The zero-order valence-electron chi connectivity index (χ0n) is 13.5. The first-order valence-corrected chi connectivity index (χ1v) is 6.97. The molecule has 0 aliphatic heterocycles. The van der Waals surface area contributed by atoms with Crippen LogP contribution in [0.15, 0.2) is 16.0 Å². The summed E-state index contributed by atoms with van der Waals surface area (Å²) in [5.74, 6) is -1.49. The number of hydrazone groups is 1. The van der Waals surface area contributed by atoms with Crippen molar-refractivity contribution in [3.8, 4) is 0 Å². The summed E-state index contributed by atoms with van der Waals surface area (Å²) >= 11 is 0. The van der Waals surface area contributed by atoms with E-state index in [1.54, 1.807) is 32.8 Å². The molecule has 1 heterocycles. The molecule has 9 heteroatoms. The van der Waals surface area contributed by atoms with Crippen LogP contribution in [0.5, 0.6) is 0 Å². The molecule has 0 radical (unpaired) electrons. The lowest BCUT2D eigenvalue weighted by Gasteiger charge is -2.10. The Balaban J connectivity index is 3.27. The van der Waals surface area contributed by atoms with E-state index in [-0.39, 0.29) is 30.2 Å². The van der Waals surface area contributed by atoms with Crippen LogP contribution in [0, 0.1) is 0 Å². The minimum Gasteiger partial charge on any atom is -0.462 e. The quantitative estimate of drug-likeness (QED) is 0.327. The van der Waals surface area contributed by atoms with Crippen molar-refractivity contribution in [1.29, 1.82) is 0 Å². The van der Waals surface area contributed by atoms with Gasteiger partial charge in [-0.2, -0.15) is 5.10 Å². The van der Waals surface area contributed by atoms with E-state index in [1.807, 2.05) is 0 Å². The van der Waals surface area contributed by atoms with Crippen LogP contribution < -0.4 is 11.0 Å². The highest BCUT2D eigenvalue weighted by Crippen LogP contribution is 2.14. The van der Waals surface area contributed by atoms with E-state index in [2.05, 4.69) is 15.5 Å². The first-order chi connectivity index (χ1) is 10.9. The highest BCUT2D eigenvalue weighted by Gasteiger charge is 2.20. The van der Waals surface area contributed by atoms with Crippen LogP contribution in [0.25, 0.3) is 0 Å². The Hall–Kier alpha value is -2.84. The lowest BCUT2D eigenvalue weighted by molar-refractivity contribution is 0.0523. The topological polar surface area (TPSA) is 113 Å². The van der Waals surface area contributed by atoms with Gasteiger partial charge in [0.25, 0.3) is 5.56 Å². The summed E-state index contributed by atoms with van der Waals surface area (Å²) < 4.78 is 9.70. The Kier molecular flexibility index (Phi) is 6.78. The van der Waals surface area contributed by atoms with Crippen molar-refractivity contribution in [2.75, 3.05) is 32.7 Å². The number of nitrogens with one attached hydrogen (secondary N) is 2. The number of carbonyl (C=O) groups excluding carboxylic acids is 2. The summed E-state index contributed by atoms with van der Waals surface area (Å²) in [6, 6.07) is 1.13. The van der Waals surface area contributed by atoms with Crippen molar-refractivity contribution in [3.63, 3.8) is 0 Å². The fourth-order valence-corrected chi connectivity index (χ4v) is 1.56. The van der Waals surface area contributed by atoms with Gasteiger partial charge < -0.3 is 19.4 Å². The Labute approximate surface area is 133 Å². The molecule has 0 saturated carbocycles. The van der Waals surface area contributed by atoms with Gasteiger partial charge in [0, 0.05) is 14.1 Å². The molecule has 126 valence electrons. The maximum absolute atomic E-state index is 12.0. The molecule has 0 aliphatic carbocycles. The molecule has 1 aromatic heterocycles. The number of hydrogen-bond acceptors (Lipinski definition) is 7. The smallest absolute Gasteiger partial charge is 0.343 e. The first kappa shape index (κ1) is 18.2. The third-order valence-electron chi connectivity index (χ3n) is 2.50. The highest BCUT2D eigenvalue weighted by molar-refractivity contribution is 5.98. The number of aromatic amines is 1. The van der Waals surface area contributed by atoms with Gasteiger partial charge in [-0.05, 0) is 19.9 Å². The minimum atomic E-state index is -0.817. The Morgan fingerprint density at radius 2 is 1.78 bits per heavy atom. The normalized spacial score (nSPS) is 10.4. The number of ether oxygens (including phenoxy) is 2. The standard InChI is InChI=1S/C14H20N4O5/c1-5-22-13(20)9-7-10(14(21)23-6-2)12(19)16-11(9)17-15-8-18(3)4/h7-8H,5-6H2,1-4H3,(H2,16,17,19)/b15-8+. The molecule has 0 spiro atoms. The molecule has 0 aromatic carbocycles. The van der Waals surface area contributed by atoms with Crippen molar-refractivity contribution >= 4 is 24.1 Å². The number of pyridine rings is 1. The number of aromatic nitrogens is 1. The van der Waals surface area contributed by atoms with E-state index >= 15 is 0 Å². The van der Waals surface area contributed by atoms with Crippen molar-refractivity contribution in [2.45, 2.75) is 13.8 Å². The molecule has 0 aliphatic rings. The lowest BCUT2D eigenvalue weighted by Crippen LogP contribution is -2.23. The Bertz CT molecular complexity index is 651. The summed E-state index contributed by atoms with van der Waals surface area (Å²) in [7, 11) is 3.51. The van der Waals surface area contributed by atoms with Crippen molar-refractivity contribution in [3.05, 3.63) is 27.5 Å². The highest BCUT2D eigenvalue weighted by atomic mass is 16.5. The van der Waals surface area contributed by atoms with Crippen LogP contribution in [0.3, 0.4) is 0 Å². The summed E-state index contributed by atoms with van der Waals surface area (Å²) in [5, 5.41) is 3.85. The molecule has 9 nitrogen and oxygen atoms in total. The van der Waals surface area contributed by atoms with Crippen molar-refractivity contribution in [2.24, 2.45) is 5.10 Å². The number of rotatable bonds is 7. The molecular weight excluding hydrogens is 304 g/mol. The molecule has 0 unspecified atom stereocenters. The fourth-order valence-electron chi connectivity index (χ4n) is 1.56. The van der Waals surface area contributed by atoms with E-state index in [9.17, 15) is 14.4 Å². The molecule has 0 saturated heterocycles. The molecule has 23 heavy (non-hydrogen) atoms. The SMILES string of the molecule is CCOC(=O)c1cc(C(=O)OCC)c(=O)[nH]c1N/N=C/N(C)C. The Morgan fingerprint density at radius 1 is 1.22 bits per heavy atom. The number of anilines is 1. The van der Waals surface area contributed by atoms with Crippen LogP contribution in [0.4, 0.5) is 5.82 Å². The molecule has 1 rings (SSSR count). The van der Waals surface area contributed by atoms with Crippen LogP contribution in [-0.4, -0.2) is 55.5 Å². The van der Waals surface area contributed by atoms with Crippen LogP contribution in [0.2, 0.25) is 0 Å². The number of hydrogen-bond donors (Lipinski definition) is 2. The van der Waals surface area contributed by atoms with Gasteiger partial charge in [-0.25, -0.2) is 9.59 Å². The second kappa shape index (κ2) is 8.57. The summed E-state index contributed by atoms with van der Waals surface area (Å²) in [4.78, 5) is 39.8. The van der Waals surface area contributed by atoms with Gasteiger partial charge in [-0.1, -0.05) is 0 Å². The second-order valence-electron chi connectivity index (χ2n) is 4.56. The van der Waals surface area contributed by atoms with Crippen LogP contribution in [0.1, 0.15) is 34.6 Å². The van der Waals surface area contributed by atoms with Crippen LogP contribution in [-0.2, 0) is 9.47 Å². The van der Waals surface area contributed by atoms with Gasteiger partial charge in [-0.3, -0.25) is 10.2 Å². The van der Waals surface area contributed by atoms with Crippen molar-refractivity contribution in [1.82, 2.24) is 9.88 Å². The minimum absolute atomic E-state index is 0.0228. The number of carbonyl (C=O) groups is 2. The van der Waals surface area contributed by atoms with Gasteiger partial charge >= 0.3 is 11.9 Å². The number of H-pyrrole nitrogens is 1. The summed E-state index contributed by atoms with van der Waals surface area (Å²) in [5.41, 5.74) is 1.54. The maximum atomic E-state index is 12.0. The largest absolute Gasteiger partial charge is 0.462 e. The number of nitrogens with zero attached hydrogens (tertiary/aromatic N) is 2. The Morgan fingerprint density at radius 3 is 2.30 bits per heavy atom. The van der Waals surface area contributed by atoms with Gasteiger partial charge in [0.1, 0.15) is 23.3 Å². The van der Waals surface area contributed by atoms with Gasteiger partial charge in [-0.15, -0.1) is 0 Å². The predicted octanol–water partition coefficient (Wildman–Crippen LogP) is 0.645. The molecule has 0 atom stereocenters. The van der Waals surface area contributed by atoms with E-state index in [0.29, 0.717) is 0 Å². The zero-order chi connectivity index (χ0) is 17.4. The second-order valence-corrected chi connectivity index (χ2v) is 4.56. The summed E-state index contributed by atoms with van der Waals surface area (Å²) in [6.45, 7) is 3.52. The van der Waals surface area contributed by atoms with E-state index in [0.717, 1.165) is 6.07 Å². The van der Waals surface area contributed by atoms with Crippen molar-refractivity contribution < 1.29 is 19.1 Å². The average molecular weight is 324 g/mol. The van der Waals surface area contributed by atoms with E-state index in [4.69, 9.17) is 9.47 Å².